The van der Waals surface area contributed by atoms with Crippen LogP contribution in [0.4, 0.5) is 0 Å². The van der Waals surface area contributed by atoms with E-state index < -0.39 is 0 Å². The van der Waals surface area contributed by atoms with E-state index in [0.29, 0.717) is 6.04 Å². The van der Waals surface area contributed by atoms with E-state index >= 15 is 0 Å². The molecule has 2 rings (SSSR count). The van der Waals surface area contributed by atoms with E-state index in [2.05, 4.69) is 41.4 Å². The second-order valence-electron chi connectivity index (χ2n) is 5.19. The van der Waals surface area contributed by atoms with Gasteiger partial charge < -0.3 is 10.2 Å². The van der Waals surface area contributed by atoms with Gasteiger partial charge in [0.15, 0.2) is 0 Å². The maximum atomic E-state index is 4.11. The number of nitrogens with zero attached hydrogens (tertiary/aromatic N) is 2. The molecule has 0 spiro atoms. The third-order valence-corrected chi connectivity index (χ3v) is 3.73. The Morgan fingerprint density at radius 2 is 1.94 bits per heavy atom. The van der Waals surface area contributed by atoms with Crippen molar-refractivity contribution in [2.45, 2.75) is 25.3 Å². The van der Waals surface area contributed by atoms with Crippen LogP contribution in [0.25, 0.3) is 0 Å². The third-order valence-electron chi connectivity index (χ3n) is 3.73. The summed E-state index contributed by atoms with van der Waals surface area (Å²) in [5.74, 6) is 0.858. The minimum atomic E-state index is 0.529. The van der Waals surface area contributed by atoms with Crippen molar-refractivity contribution in [3.8, 4) is 0 Å². The number of aromatic nitrogens is 1. The molecule has 0 saturated carbocycles. The van der Waals surface area contributed by atoms with Crippen molar-refractivity contribution in [1.82, 2.24) is 15.2 Å². The molecule has 3 heteroatoms. The summed E-state index contributed by atoms with van der Waals surface area (Å²) in [6, 6.07) is 4.82. The van der Waals surface area contributed by atoms with Gasteiger partial charge in [0, 0.05) is 18.4 Å². The molecule has 3 nitrogen and oxygen atoms in total. The molecule has 1 N–H and O–H groups in total. The number of pyridine rings is 1. The third kappa shape index (κ3) is 3.51. The lowest BCUT2D eigenvalue weighted by molar-refractivity contribution is 0.223. The van der Waals surface area contributed by atoms with Gasteiger partial charge in [0.2, 0.25) is 0 Å². The molecule has 1 aromatic rings. The van der Waals surface area contributed by atoms with Crippen molar-refractivity contribution in [2.24, 2.45) is 5.92 Å². The van der Waals surface area contributed by atoms with E-state index in [9.17, 15) is 0 Å². The zero-order chi connectivity index (χ0) is 12.1. The van der Waals surface area contributed by atoms with Crippen LogP contribution in [0.3, 0.4) is 0 Å². The van der Waals surface area contributed by atoms with Gasteiger partial charge in [-0.05, 0) is 70.1 Å². The van der Waals surface area contributed by atoms with Crippen molar-refractivity contribution < 1.29 is 0 Å². The largest absolute Gasteiger partial charge is 0.317 e. The average Bonchev–Trinajstić information content (AvgIpc) is 2.38. The Labute approximate surface area is 104 Å². The molecular formula is C14H23N3. The molecule has 1 atom stereocenters. The molecule has 2 heterocycles. The Kier molecular flexibility index (Phi) is 4.51. The predicted molar refractivity (Wildman–Crippen MR) is 70.9 cm³/mol. The Morgan fingerprint density at radius 1 is 1.29 bits per heavy atom. The van der Waals surface area contributed by atoms with Gasteiger partial charge in [0.05, 0.1) is 0 Å². The Hall–Kier alpha value is -0.930. The van der Waals surface area contributed by atoms with Crippen molar-refractivity contribution in [1.29, 1.82) is 0 Å². The summed E-state index contributed by atoms with van der Waals surface area (Å²) in [6.45, 7) is 2.36. The summed E-state index contributed by atoms with van der Waals surface area (Å²) < 4.78 is 0. The van der Waals surface area contributed by atoms with Crippen LogP contribution in [-0.4, -0.2) is 37.1 Å². The van der Waals surface area contributed by atoms with Gasteiger partial charge in [-0.15, -0.1) is 0 Å². The molecule has 1 aliphatic heterocycles. The SMILES string of the molecule is CN(C)C(CC1CCNCC1)c1ccncc1. The number of hydrogen-bond acceptors (Lipinski definition) is 3. The van der Waals surface area contributed by atoms with Crippen molar-refractivity contribution in [3.63, 3.8) is 0 Å². The van der Waals surface area contributed by atoms with E-state index in [4.69, 9.17) is 0 Å². The molecule has 94 valence electrons. The summed E-state index contributed by atoms with van der Waals surface area (Å²) >= 11 is 0. The van der Waals surface area contributed by atoms with E-state index in [1.165, 1.54) is 37.9 Å². The lowest BCUT2D eigenvalue weighted by Gasteiger charge is -2.31. The number of hydrogen-bond donors (Lipinski definition) is 1. The quantitative estimate of drug-likeness (QED) is 0.863. The molecule has 0 aromatic carbocycles. The maximum Gasteiger partial charge on any atom is 0.0345 e. The van der Waals surface area contributed by atoms with E-state index in [1.807, 2.05) is 12.4 Å². The average molecular weight is 233 g/mol. The first-order valence-corrected chi connectivity index (χ1v) is 6.54. The van der Waals surface area contributed by atoms with Crippen LogP contribution in [0.5, 0.6) is 0 Å². The summed E-state index contributed by atoms with van der Waals surface area (Å²) in [7, 11) is 4.35. The molecule has 0 radical (unpaired) electrons. The van der Waals surface area contributed by atoms with Gasteiger partial charge in [0.1, 0.15) is 0 Å². The van der Waals surface area contributed by atoms with Crippen molar-refractivity contribution in [3.05, 3.63) is 30.1 Å². The van der Waals surface area contributed by atoms with Gasteiger partial charge in [-0.3, -0.25) is 4.98 Å². The van der Waals surface area contributed by atoms with Crippen LogP contribution in [0.1, 0.15) is 30.9 Å². The second-order valence-corrected chi connectivity index (χ2v) is 5.19. The monoisotopic (exact) mass is 233 g/mol. The van der Waals surface area contributed by atoms with Gasteiger partial charge >= 0.3 is 0 Å². The molecule has 1 aromatic heterocycles. The molecule has 1 unspecified atom stereocenters. The van der Waals surface area contributed by atoms with Crippen LogP contribution in [0, 0.1) is 5.92 Å². The fourth-order valence-electron chi connectivity index (χ4n) is 2.66. The fourth-order valence-corrected chi connectivity index (χ4v) is 2.66. The van der Waals surface area contributed by atoms with Gasteiger partial charge in [0.25, 0.3) is 0 Å². The maximum absolute atomic E-state index is 4.11. The smallest absolute Gasteiger partial charge is 0.0345 e. The molecular weight excluding hydrogens is 210 g/mol. The zero-order valence-corrected chi connectivity index (χ0v) is 10.9. The number of nitrogens with one attached hydrogen (secondary N) is 1. The second kappa shape index (κ2) is 6.12. The fraction of sp³-hybridized carbons (Fsp3) is 0.643. The van der Waals surface area contributed by atoms with Crippen LogP contribution in [-0.2, 0) is 0 Å². The van der Waals surface area contributed by atoms with E-state index in [-0.39, 0.29) is 0 Å². The zero-order valence-electron chi connectivity index (χ0n) is 10.9. The Morgan fingerprint density at radius 3 is 2.53 bits per heavy atom. The van der Waals surface area contributed by atoms with Crippen LogP contribution >= 0.6 is 0 Å². The van der Waals surface area contributed by atoms with Gasteiger partial charge in [-0.2, -0.15) is 0 Å². The lowest BCUT2D eigenvalue weighted by Crippen LogP contribution is -2.31. The normalized spacial score (nSPS) is 19.5. The highest BCUT2D eigenvalue weighted by Crippen LogP contribution is 2.29. The van der Waals surface area contributed by atoms with E-state index in [0.717, 1.165) is 5.92 Å². The Balaban J connectivity index is 2.02. The topological polar surface area (TPSA) is 28.2 Å². The van der Waals surface area contributed by atoms with Crippen LogP contribution in [0.2, 0.25) is 0 Å². The number of piperidine rings is 1. The first-order valence-electron chi connectivity index (χ1n) is 6.54. The van der Waals surface area contributed by atoms with Crippen LogP contribution in [0.15, 0.2) is 24.5 Å². The number of rotatable bonds is 4. The summed E-state index contributed by atoms with van der Waals surface area (Å²) in [4.78, 5) is 6.44. The van der Waals surface area contributed by atoms with Gasteiger partial charge in [-0.1, -0.05) is 0 Å². The molecule has 1 aliphatic rings. The summed E-state index contributed by atoms with van der Waals surface area (Å²) in [5.41, 5.74) is 1.39. The van der Waals surface area contributed by atoms with Gasteiger partial charge in [-0.25, -0.2) is 0 Å². The van der Waals surface area contributed by atoms with Crippen molar-refractivity contribution in [2.75, 3.05) is 27.2 Å². The molecule has 1 saturated heterocycles. The minimum absolute atomic E-state index is 0.529. The molecule has 1 fully saturated rings. The molecule has 17 heavy (non-hydrogen) atoms. The van der Waals surface area contributed by atoms with E-state index in [1.54, 1.807) is 0 Å². The summed E-state index contributed by atoms with van der Waals surface area (Å²) in [5, 5.41) is 3.43. The van der Waals surface area contributed by atoms with Crippen molar-refractivity contribution >= 4 is 0 Å². The minimum Gasteiger partial charge on any atom is -0.317 e. The standard InChI is InChI=1S/C14H23N3/c1-17(2)14(13-5-9-16-10-6-13)11-12-3-7-15-8-4-12/h5-6,9-10,12,14-15H,3-4,7-8,11H2,1-2H3. The molecule has 0 bridgehead atoms. The predicted octanol–water partition coefficient (Wildman–Crippen LogP) is 2.07. The first-order chi connectivity index (χ1) is 8.27. The molecule has 0 aliphatic carbocycles. The van der Waals surface area contributed by atoms with Crippen LogP contribution < -0.4 is 5.32 Å². The molecule has 0 amide bonds. The Bertz CT molecular complexity index is 317. The highest BCUT2D eigenvalue weighted by molar-refractivity contribution is 5.15. The highest BCUT2D eigenvalue weighted by atomic mass is 15.1. The lowest BCUT2D eigenvalue weighted by atomic mass is 9.88. The first kappa shape index (κ1) is 12.5. The highest BCUT2D eigenvalue weighted by Gasteiger charge is 2.21. The summed E-state index contributed by atoms with van der Waals surface area (Å²) in [6.07, 6.45) is 7.69.